The molecule has 0 saturated heterocycles. The number of anilines is 2. The third kappa shape index (κ3) is 3.45. The van der Waals surface area contributed by atoms with Crippen molar-refractivity contribution >= 4 is 23.0 Å². The zero-order valence-corrected chi connectivity index (χ0v) is 14.8. The van der Waals surface area contributed by atoms with Crippen LogP contribution < -0.4 is 5.32 Å². The van der Waals surface area contributed by atoms with Gasteiger partial charge in [-0.05, 0) is 31.2 Å². The first-order chi connectivity index (χ1) is 12.7. The number of benzene rings is 2. The van der Waals surface area contributed by atoms with Gasteiger partial charge in [0.2, 0.25) is 5.95 Å². The number of aryl methyl sites for hydroxylation is 1. The number of nitrogens with zero attached hydrogens (tertiary/aromatic N) is 3. The lowest BCUT2D eigenvalue weighted by atomic mass is 10.2. The summed E-state index contributed by atoms with van der Waals surface area (Å²) >= 11 is 1.59. The molecular formula is C20H15FN4S. The number of halogens is 1. The molecule has 1 N–H and O–H groups in total. The van der Waals surface area contributed by atoms with Gasteiger partial charge in [-0.25, -0.2) is 19.3 Å². The lowest BCUT2D eigenvalue weighted by Crippen LogP contribution is -1.98. The van der Waals surface area contributed by atoms with Crippen LogP contribution in [0.4, 0.5) is 16.0 Å². The van der Waals surface area contributed by atoms with Crippen molar-refractivity contribution in [3.63, 3.8) is 0 Å². The van der Waals surface area contributed by atoms with Gasteiger partial charge in [-0.2, -0.15) is 0 Å². The maximum Gasteiger partial charge on any atom is 0.227 e. The molecule has 2 aromatic carbocycles. The van der Waals surface area contributed by atoms with Gasteiger partial charge in [-0.1, -0.05) is 36.4 Å². The summed E-state index contributed by atoms with van der Waals surface area (Å²) in [5.41, 5.74) is 3.40. The van der Waals surface area contributed by atoms with E-state index in [-0.39, 0.29) is 5.82 Å². The van der Waals surface area contributed by atoms with Gasteiger partial charge >= 0.3 is 0 Å². The van der Waals surface area contributed by atoms with Gasteiger partial charge in [0.25, 0.3) is 0 Å². The van der Waals surface area contributed by atoms with E-state index in [1.807, 2.05) is 43.3 Å². The van der Waals surface area contributed by atoms with E-state index in [2.05, 4.69) is 20.3 Å². The van der Waals surface area contributed by atoms with E-state index in [1.54, 1.807) is 29.7 Å². The average molecular weight is 362 g/mol. The van der Waals surface area contributed by atoms with Crippen molar-refractivity contribution in [2.45, 2.75) is 6.92 Å². The summed E-state index contributed by atoms with van der Waals surface area (Å²) in [5.74, 6) is 0.110. The number of thiazole rings is 1. The van der Waals surface area contributed by atoms with Crippen LogP contribution in [0.2, 0.25) is 0 Å². The zero-order valence-electron chi connectivity index (χ0n) is 14.0. The largest absolute Gasteiger partial charge is 0.324 e. The van der Waals surface area contributed by atoms with Crippen molar-refractivity contribution in [1.82, 2.24) is 15.0 Å². The van der Waals surface area contributed by atoms with Crippen LogP contribution >= 0.6 is 11.3 Å². The second-order valence-corrected chi connectivity index (χ2v) is 6.70. The summed E-state index contributed by atoms with van der Waals surface area (Å²) in [4.78, 5) is 14.5. The molecule has 2 heterocycles. The standard InChI is InChI=1S/C20H15FN4S/c1-13-18(26-19(23-13)14-6-3-2-4-7-14)17-10-11-22-20(25-17)24-16-9-5-8-15(21)12-16/h2-12H,1H3,(H,22,24,25). The van der Waals surface area contributed by atoms with Gasteiger partial charge in [-0.15, -0.1) is 11.3 Å². The highest BCUT2D eigenvalue weighted by molar-refractivity contribution is 7.18. The topological polar surface area (TPSA) is 50.7 Å². The van der Waals surface area contributed by atoms with Crippen LogP contribution in [0, 0.1) is 12.7 Å². The number of rotatable bonds is 4. The third-order valence-electron chi connectivity index (χ3n) is 3.79. The summed E-state index contributed by atoms with van der Waals surface area (Å²) in [6.07, 6.45) is 1.69. The van der Waals surface area contributed by atoms with Gasteiger partial charge in [0, 0.05) is 17.4 Å². The van der Waals surface area contributed by atoms with Crippen LogP contribution in [0.15, 0.2) is 66.9 Å². The van der Waals surface area contributed by atoms with E-state index in [4.69, 9.17) is 0 Å². The Morgan fingerprint density at radius 2 is 1.81 bits per heavy atom. The molecule has 2 aromatic heterocycles. The van der Waals surface area contributed by atoms with E-state index in [0.717, 1.165) is 26.8 Å². The third-order valence-corrected chi connectivity index (χ3v) is 5.02. The molecule has 4 aromatic rings. The van der Waals surface area contributed by atoms with Crippen molar-refractivity contribution < 1.29 is 4.39 Å². The number of nitrogens with one attached hydrogen (secondary N) is 1. The minimum Gasteiger partial charge on any atom is -0.324 e. The molecule has 0 aliphatic heterocycles. The second kappa shape index (κ2) is 7.01. The van der Waals surface area contributed by atoms with Crippen LogP contribution in [-0.4, -0.2) is 15.0 Å². The predicted octanol–water partition coefficient (Wildman–Crippen LogP) is 5.46. The maximum atomic E-state index is 13.3. The summed E-state index contributed by atoms with van der Waals surface area (Å²) in [6, 6.07) is 18.1. The Labute approximate surface area is 154 Å². The molecule has 0 bridgehead atoms. The fraction of sp³-hybridized carbons (Fsp3) is 0.0500. The molecule has 0 radical (unpaired) electrons. The Morgan fingerprint density at radius 3 is 2.62 bits per heavy atom. The highest BCUT2D eigenvalue weighted by Crippen LogP contribution is 2.34. The number of aromatic nitrogens is 3. The Kier molecular flexibility index (Phi) is 4.41. The Hall–Kier alpha value is -3.12. The Bertz CT molecular complexity index is 1050. The van der Waals surface area contributed by atoms with E-state index in [0.29, 0.717) is 11.6 Å². The molecule has 128 valence electrons. The molecule has 4 nitrogen and oxygen atoms in total. The molecule has 0 fully saturated rings. The van der Waals surface area contributed by atoms with Crippen LogP contribution in [0.1, 0.15) is 5.69 Å². The average Bonchev–Trinajstić information content (AvgIpc) is 3.05. The highest BCUT2D eigenvalue weighted by atomic mass is 32.1. The Balaban J connectivity index is 1.66. The minimum absolute atomic E-state index is 0.308. The van der Waals surface area contributed by atoms with Crippen molar-refractivity contribution in [2.75, 3.05) is 5.32 Å². The first-order valence-corrected chi connectivity index (χ1v) is 8.89. The number of hydrogen-bond donors (Lipinski definition) is 1. The van der Waals surface area contributed by atoms with Gasteiger partial charge < -0.3 is 5.32 Å². The fourth-order valence-corrected chi connectivity index (χ4v) is 3.62. The van der Waals surface area contributed by atoms with Gasteiger partial charge in [0.15, 0.2) is 0 Å². The molecule has 26 heavy (non-hydrogen) atoms. The van der Waals surface area contributed by atoms with Crippen molar-refractivity contribution in [3.05, 3.63) is 78.4 Å². The van der Waals surface area contributed by atoms with Crippen LogP contribution in [0.3, 0.4) is 0 Å². The molecule has 0 aliphatic rings. The first kappa shape index (κ1) is 16.4. The van der Waals surface area contributed by atoms with Crippen molar-refractivity contribution in [1.29, 1.82) is 0 Å². The normalized spacial score (nSPS) is 10.7. The lowest BCUT2D eigenvalue weighted by Gasteiger charge is -2.06. The van der Waals surface area contributed by atoms with Crippen molar-refractivity contribution in [3.8, 4) is 21.1 Å². The summed E-state index contributed by atoms with van der Waals surface area (Å²) in [6.45, 7) is 1.97. The maximum absolute atomic E-state index is 13.3. The molecule has 6 heteroatoms. The highest BCUT2D eigenvalue weighted by Gasteiger charge is 2.13. The van der Waals surface area contributed by atoms with Crippen molar-refractivity contribution in [2.24, 2.45) is 0 Å². The van der Waals surface area contributed by atoms with Gasteiger partial charge in [0.05, 0.1) is 16.3 Å². The minimum atomic E-state index is -0.308. The first-order valence-electron chi connectivity index (χ1n) is 8.08. The second-order valence-electron chi connectivity index (χ2n) is 5.70. The summed E-state index contributed by atoms with van der Waals surface area (Å²) < 4.78 is 13.3. The molecule has 0 aliphatic carbocycles. The molecule has 4 rings (SSSR count). The molecular weight excluding hydrogens is 347 g/mol. The molecule has 0 saturated carbocycles. The molecule has 0 unspecified atom stereocenters. The van der Waals surface area contributed by atoms with Gasteiger partial charge in [-0.3, -0.25) is 0 Å². The quantitative estimate of drug-likeness (QED) is 0.524. The fourth-order valence-electron chi connectivity index (χ4n) is 2.58. The molecule has 0 spiro atoms. The van der Waals surface area contributed by atoms with Gasteiger partial charge in [0.1, 0.15) is 10.8 Å². The van der Waals surface area contributed by atoms with E-state index < -0.39 is 0 Å². The zero-order chi connectivity index (χ0) is 17.9. The van der Waals surface area contributed by atoms with Crippen LogP contribution in [0.5, 0.6) is 0 Å². The monoisotopic (exact) mass is 362 g/mol. The van der Waals surface area contributed by atoms with E-state index in [1.165, 1.54) is 12.1 Å². The van der Waals surface area contributed by atoms with Crippen LogP contribution in [0.25, 0.3) is 21.1 Å². The van der Waals surface area contributed by atoms with Crippen LogP contribution in [-0.2, 0) is 0 Å². The van der Waals surface area contributed by atoms with E-state index in [9.17, 15) is 4.39 Å². The smallest absolute Gasteiger partial charge is 0.227 e. The predicted molar refractivity (Wildman–Crippen MR) is 103 cm³/mol. The summed E-state index contributed by atoms with van der Waals surface area (Å²) in [5, 5.41) is 3.99. The SMILES string of the molecule is Cc1nc(-c2ccccc2)sc1-c1ccnc(Nc2cccc(F)c2)n1. The van der Waals surface area contributed by atoms with E-state index >= 15 is 0 Å². The Morgan fingerprint density at radius 1 is 0.962 bits per heavy atom. The molecule has 0 amide bonds. The molecule has 0 atom stereocenters. The number of hydrogen-bond acceptors (Lipinski definition) is 5. The summed E-state index contributed by atoms with van der Waals surface area (Å²) in [7, 11) is 0. The lowest BCUT2D eigenvalue weighted by molar-refractivity contribution is 0.628.